The lowest BCUT2D eigenvalue weighted by Crippen LogP contribution is -2.49. The van der Waals surface area contributed by atoms with Gasteiger partial charge in [0.25, 0.3) is 0 Å². The Balaban J connectivity index is 1.69. The van der Waals surface area contributed by atoms with Gasteiger partial charge < -0.3 is 15.0 Å². The van der Waals surface area contributed by atoms with Crippen LogP contribution >= 0.6 is 12.2 Å². The number of aryl methyl sites for hydroxylation is 1. The van der Waals surface area contributed by atoms with Gasteiger partial charge in [-0.2, -0.15) is 0 Å². The molecule has 3 nitrogen and oxygen atoms in total. The van der Waals surface area contributed by atoms with Gasteiger partial charge in [0, 0.05) is 24.9 Å². The zero-order valence-corrected chi connectivity index (χ0v) is 12.8. The minimum atomic E-state index is 0.322. The SMILES string of the molecule is C[C@@H]1CCc2ccccc2N1C(=S)NC[C@@H]1CCCO1. The minimum absolute atomic E-state index is 0.322. The maximum absolute atomic E-state index is 5.65. The number of para-hydroxylation sites is 1. The van der Waals surface area contributed by atoms with E-state index in [4.69, 9.17) is 17.0 Å². The molecule has 2 aliphatic rings. The summed E-state index contributed by atoms with van der Waals surface area (Å²) in [6.45, 7) is 3.96. The van der Waals surface area contributed by atoms with Gasteiger partial charge in [-0.05, 0) is 56.5 Å². The molecule has 2 heterocycles. The van der Waals surface area contributed by atoms with Gasteiger partial charge in [-0.1, -0.05) is 18.2 Å². The normalized spacial score (nSPS) is 25.4. The van der Waals surface area contributed by atoms with Crippen molar-refractivity contribution in [2.75, 3.05) is 18.1 Å². The molecule has 0 aliphatic carbocycles. The number of ether oxygens (including phenoxy) is 1. The molecule has 2 aliphatic heterocycles. The van der Waals surface area contributed by atoms with Gasteiger partial charge in [-0.15, -0.1) is 0 Å². The number of nitrogens with one attached hydrogen (secondary N) is 1. The second kappa shape index (κ2) is 6.10. The standard InChI is InChI=1S/C16H22N2OS/c1-12-8-9-13-5-2-3-7-15(13)18(12)16(20)17-11-14-6-4-10-19-14/h2-3,5,7,12,14H,4,6,8-11H2,1H3,(H,17,20)/t12-,14+/m1/s1. The van der Waals surface area contributed by atoms with Crippen molar-refractivity contribution in [3.8, 4) is 0 Å². The number of benzene rings is 1. The lowest BCUT2D eigenvalue weighted by atomic mass is 9.97. The summed E-state index contributed by atoms with van der Waals surface area (Å²) < 4.78 is 5.65. The number of fused-ring (bicyclic) bond motifs is 1. The first-order valence-corrected chi connectivity index (χ1v) is 7.93. The molecule has 0 saturated carbocycles. The molecule has 0 radical (unpaired) electrons. The minimum Gasteiger partial charge on any atom is -0.376 e. The van der Waals surface area contributed by atoms with Crippen LogP contribution in [0.3, 0.4) is 0 Å². The smallest absolute Gasteiger partial charge is 0.173 e. The molecule has 0 bridgehead atoms. The van der Waals surface area contributed by atoms with E-state index in [9.17, 15) is 0 Å². The maximum Gasteiger partial charge on any atom is 0.173 e. The Hall–Kier alpha value is -1.13. The predicted octanol–water partition coefficient (Wildman–Crippen LogP) is 2.88. The second-order valence-corrected chi connectivity index (χ2v) is 6.09. The Morgan fingerprint density at radius 1 is 1.40 bits per heavy atom. The van der Waals surface area contributed by atoms with Crippen LogP contribution in [0.1, 0.15) is 31.7 Å². The van der Waals surface area contributed by atoms with Gasteiger partial charge in [-0.3, -0.25) is 0 Å². The Bertz CT molecular complexity index is 485. The quantitative estimate of drug-likeness (QED) is 0.847. The molecular weight excluding hydrogens is 268 g/mol. The highest BCUT2D eigenvalue weighted by molar-refractivity contribution is 7.80. The Kier molecular flexibility index (Phi) is 4.22. The van der Waals surface area contributed by atoms with Gasteiger partial charge in [0.1, 0.15) is 0 Å². The van der Waals surface area contributed by atoms with Crippen LogP contribution in [0.5, 0.6) is 0 Å². The van der Waals surface area contributed by atoms with E-state index in [0.717, 1.165) is 37.5 Å². The van der Waals surface area contributed by atoms with Crippen LogP contribution in [0.15, 0.2) is 24.3 Å². The molecular formula is C16H22N2OS. The number of anilines is 1. The van der Waals surface area contributed by atoms with E-state index in [-0.39, 0.29) is 0 Å². The van der Waals surface area contributed by atoms with Crippen LogP contribution in [0.2, 0.25) is 0 Å². The van der Waals surface area contributed by atoms with Crippen molar-refractivity contribution >= 4 is 23.0 Å². The Morgan fingerprint density at radius 2 is 2.25 bits per heavy atom. The van der Waals surface area contributed by atoms with Crippen LogP contribution < -0.4 is 10.2 Å². The fourth-order valence-corrected chi connectivity index (χ4v) is 3.45. The molecule has 3 rings (SSSR count). The summed E-state index contributed by atoms with van der Waals surface area (Å²) in [5.41, 5.74) is 2.66. The predicted molar refractivity (Wildman–Crippen MR) is 86.3 cm³/mol. The van der Waals surface area contributed by atoms with E-state index in [1.807, 2.05) is 0 Å². The highest BCUT2D eigenvalue weighted by atomic mass is 32.1. The first-order chi connectivity index (χ1) is 9.75. The van der Waals surface area contributed by atoms with Crippen molar-refractivity contribution in [3.05, 3.63) is 29.8 Å². The largest absolute Gasteiger partial charge is 0.376 e. The summed E-state index contributed by atoms with van der Waals surface area (Å²) in [7, 11) is 0. The molecule has 4 heteroatoms. The molecule has 1 saturated heterocycles. The van der Waals surface area contributed by atoms with Crippen LogP contribution in [0, 0.1) is 0 Å². The zero-order chi connectivity index (χ0) is 13.9. The molecule has 1 aromatic carbocycles. The van der Waals surface area contributed by atoms with Crippen LogP contribution in [0.4, 0.5) is 5.69 Å². The third-order valence-electron chi connectivity index (χ3n) is 4.25. The third kappa shape index (κ3) is 2.81. The second-order valence-electron chi connectivity index (χ2n) is 5.71. The number of thiocarbonyl (C=S) groups is 1. The maximum atomic E-state index is 5.65. The molecule has 2 atom stereocenters. The summed E-state index contributed by atoms with van der Waals surface area (Å²) in [5.74, 6) is 0. The van der Waals surface area contributed by atoms with Crippen LogP contribution in [-0.4, -0.2) is 30.4 Å². The number of rotatable bonds is 2. The summed E-state index contributed by atoms with van der Waals surface area (Å²) in [6, 6.07) is 9.03. The highest BCUT2D eigenvalue weighted by Gasteiger charge is 2.26. The first kappa shape index (κ1) is 13.8. The van der Waals surface area contributed by atoms with E-state index >= 15 is 0 Å². The van der Waals surface area contributed by atoms with E-state index < -0.39 is 0 Å². The fourth-order valence-electron chi connectivity index (χ4n) is 3.09. The molecule has 108 valence electrons. The fraction of sp³-hybridized carbons (Fsp3) is 0.562. The van der Waals surface area contributed by atoms with Crippen molar-refractivity contribution in [3.63, 3.8) is 0 Å². The Labute approximate surface area is 126 Å². The molecule has 0 amide bonds. The molecule has 20 heavy (non-hydrogen) atoms. The van der Waals surface area contributed by atoms with Gasteiger partial charge >= 0.3 is 0 Å². The third-order valence-corrected chi connectivity index (χ3v) is 4.59. The Morgan fingerprint density at radius 3 is 3.05 bits per heavy atom. The van der Waals surface area contributed by atoms with Crippen LogP contribution in [0.25, 0.3) is 0 Å². The van der Waals surface area contributed by atoms with E-state index in [2.05, 4.69) is 41.4 Å². The van der Waals surface area contributed by atoms with Gasteiger partial charge in [0.2, 0.25) is 0 Å². The number of hydrogen-bond acceptors (Lipinski definition) is 2. The molecule has 1 aromatic rings. The lowest BCUT2D eigenvalue weighted by molar-refractivity contribution is 0.114. The van der Waals surface area contributed by atoms with Crippen LogP contribution in [-0.2, 0) is 11.2 Å². The van der Waals surface area contributed by atoms with Crippen molar-refractivity contribution in [2.45, 2.75) is 44.8 Å². The lowest BCUT2D eigenvalue weighted by Gasteiger charge is -2.37. The number of nitrogens with zero attached hydrogens (tertiary/aromatic N) is 1. The molecule has 0 aromatic heterocycles. The van der Waals surface area contributed by atoms with Crippen molar-refractivity contribution < 1.29 is 4.74 Å². The van der Waals surface area contributed by atoms with Gasteiger partial charge in [-0.25, -0.2) is 0 Å². The molecule has 0 unspecified atom stereocenters. The summed E-state index contributed by atoms with van der Waals surface area (Å²) in [6.07, 6.45) is 4.92. The van der Waals surface area contributed by atoms with E-state index in [0.29, 0.717) is 12.1 Å². The molecule has 0 spiro atoms. The summed E-state index contributed by atoms with van der Waals surface area (Å²) >= 11 is 5.62. The van der Waals surface area contributed by atoms with E-state index in [1.165, 1.54) is 17.7 Å². The van der Waals surface area contributed by atoms with Crippen molar-refractivity contribution in [1.29, 1.82) is 0 Å². The topological polar surface area (TPSA) is 24.5 Å². The average Bonchev–Trinajstić information content (AvgIpc) is 2.98. The van der Waals surface area contributed by atoms with E-state index in [1.54, 1.807) is 0 Å². The summed E-state index contributed by atoms with van der Waals surface area (Å²) in [4.78, 5) is 2.27. The highest BCUT2D eigenvalue weighted by Crippen LogP contribution is 2.30. The number of hydrogen-bond donors (Lipinski definition) is 1. The monoisotopic (exact) mass is 290 g/mol. The molecule has 1 fully saturated rings. The van der Waals surface area contributed by atoms with Crippen molar-refractivity contribution in [2.24, 2.45) is 0 Å². The average molecular weight is 290 g/mol. The zero-order valence-electron chi connectivity index (χ0n) is 12.0. The van der Waals surface area contributed by atoms with Gasteiger partial charge in [0.15, 0.2) is 5.11 Å². The van der Waals surface area contributed by atoms with Gasteiger partial charge in [0.05, 0.1) is 6.10 Å². The summed E-state index contributed by atoms with van der Waals surface area (Å²) in [5, 5.41) is 4.23. The first-order valence-electron chi connectivity index (χ1n) is 7.52. The molecule has 1 N–H and O–H groups in total. The van der Waals surface area contributed by atoms with Crippen molar-refractivity contribution in [1.82, 2.24) is 5.32 Å².